The van der Waals surface area contributed by atoms with Gasteiger partial charge in [0.25, 0.3) is 5.91 Å². The van der Waals surface area contributed by atoms with Crippen molar-refractivity contribution in [3.8, 4) is 0 Å². The minimum Gasteiger partial charge on any atom is -0.352 e. The summed E-state index contributed by atoms with van der Waals surface area (Å²) >= 11 is 0. The lowest BCUT2D eigenvalue weighted by atomic mass is 9.97. The molecule has 164 valence electrons. The molecule has 1 heterocycles. The molecule has 8 heteroatoms. The van der Waals surface area contributed by atoms with Gasteiger partial charge in [-0.15, -0.1) is 0 Å². The van der Waals surface area contributed by atoms with Crippen LogP contribution in [0.4, 0.5) is 14.9 Å². The van der Waals surface area contributed by atoms with E-state index >= 15 is 0 Å². The Hall–Kier alpha value is -3.42. The molecule has 0 bridgehead atoms. The molecule has 31 heavy (non-hydrogen) atoms. The van der Waals surface area contributed by atoms with E-state index < -0.39 is 11.8 Å². The van der Waals surface area contributed by atoms with E-state index in [1.54, 1.807) is 18.2 Å². The fraction of sp³-hybridized carbons (Fsp3) is 0.348. The molecule has 3 rings (SSSR count). The van der Waals surface area contributed by atoms with E-state index in [9.17, 15) is 18.8 Å². The first-order chi connectivity index (χ1) is 14.9. The van der Waals surface area contributed by atoms with E-state index in [4.69, 9.17) is 0 Å². The molecule has 0 saturated carbocycles. The second kappa shape index (κ2) is 10.6. The molecule has 0 aliphatic carbocycles. The molecule has 1 saturated heterocycles. The maximum absolute atomic E-state index is 13.2. The quantitative estimate of drug-likeness (QED) is 0.663. The van der Waals surface area contributed by atoms with Crippen molar-refractivity contribution in [2.45, 2.75) is 26.3 Å². The summed E-state index contributed by atoms with van der Waals surface area (Å²) in [5.41, 5.74) is 1.92. The SMILES string of the molecule is CC(=O)NCc1ccc(C(=O)N2CCCC(CNC(=O)Nc3cccc(F)c3)C2)cc1. The number of carbonyl (C=O) groups excluding carboxylic acids is 3. The molecule has 2 aromatic rings. The number of nitrogens with one attached hydrogen (secondary N) is 3. The summed E-state index contributed by atoms with van der Waals surface area (Å²) in [5, 5.41) is 8.14. The summed E-state index contributed by atoms with van der Waals surface area (Å²) < 4.78 is 13.2. The Labute approximate surface area is 181 Å². The van der Waals surface area contributed by atoms with Crippen LogP contribution in [-0.2, 0) is 11.3 Å². The number of anilines is 1. The Kier molecular flexibility index (Phi) is 7.59. The number of amides is 4. The zero-order valence-electron chi connectivity index (χ0n) is 17.5. The molecule has 0 spiro atoms. The maximum Gasteiger partial charge on any atom is 0.319 e. The Morgan fingerprint density at radius 3 is 2.58 bits per heavy atom. The number of rotatable bonds is 6. The first-order valence-corrected chi connectivity index (χ1v) is 10.3. The molecule has 7 nitrogen and oxygen atoms in total. The Balaban J connectivity index is 1.48. The van der Waals surface area contributed by atoms with Crippen LogP contribution >= 0.6 is 0 Å². The number of halogens is 1. The normalized spacial score (nSPS) is 15.8. The zero-order chi connectivity index (χ0) is 22.2. The molecule has 1 unspecified atom stereocenters. The van der Waals surface area contributed by atoms with Gasteiger partial charge >= 0.3 is 6.03 Å². The zero-order valence-corrected chi connectivity index (χ0v) is 17.5. The smallest absolute Gasteiger partial charge is 0.319 e. The molecule has 1 atom stereocenters. The number of carbonyl (C=O) groups is 3. The highest BCUT2D eigenvalue weighted by atomic mass is 19.1. The van der Waals surface area contributed by atoms with E-state index in [-0.39, 0.29) is 17.7 Å². The molecule has 0 radical (unpaired) electrons. The maximum atomic E-state index is 13.2. The van der Waals surface area contributed by atoms with Crippen molar-refractivity contribution >= 4 is 23.5 Å². The molecular formula is C23H27FN4O3. The average molecular weight is 426 g/mol. The van der Waals surface area contributed by atoms with Crippen LogP contribution < -0.4 is 16.0 Å². The van der Waals surface area contributed by atoms with Crippen LogP contribution in [0.25, 0.3) is 0 Å². The second-order valence-corrected chi connectivity index (χ2v) is 7.71. The molecule has 0 aromatic heterocycles. The lowest BCUT2D eigenvalue weighted by molar-refractivity contribution is -0.119. The van der Waals surface area contributed by atoms with Gasteiger partial charge in [-0.05, 0) is 54.7 Å². The predicted molar refractivity (Wildman–Crippen MR) is 116 cm³/mol. The summed E-state index contributed by atoms with van der Waals surface area (Å²) in [7, 11) is 0. The third-order valence-corrected chi connectivity index (χ3v) is 5.18. The molecule has 1 fully saturated rings. The van der Waals surface area contributed by atoms with E-state index in [0.717, 1.165) is 18.4 Å². The topological polar surface area (TPSA) is 90.5 Å². The molecule has 4 amide bonds. The van der Waals surface area contributed by atoms with Gasteiger partial charge in [-0.25, -0.2) is 9.18 Å². The number of benzene rings is 2. The molecule has 1 aliphatic rings. The van der Waals surface area contributed by atoms with Crippen LogP contribution in [0, 0.1) is 11.7 Å². The van der Waals surface area contributed by atoms with E-state index in [2.05, 4.69) is 16.0 Å². The van der Waals surface area contributed by atoms with E-state index in [1.807, 2.05) is 17.0 Å². The van der Waals surface area contributed by atoms with Crippen molar-refractivity contribution in [2.75, 3.05) is 25.0 Å². The number of hydrogen-bond acceptors (Lipinski definition) is 3. The van der Waals surface area contributed by atoms with Gasteiger partial charge in [-0.2, -0.15) is 0 Å². The van der Waals surface area contributed by atoms with Gasteiger partial charge < -0.3 is 20.9 Å². The Morgan fingerprint density at radius 1 is 1.10 bits per heavy atom. The van der Waals surface area contributed by atoms with Crippen molar-refractivity contribution in [1.29, 1.82) is 0 Å². The number of piperidine rings is 1. The lowest BCUT2D eigenvalue weighted by Gasteiger charge is -2.33. The fourth-order valence-electron chi connectivity index (χ4n) is 3.57. The number of hydrogen-bond donors (Lipinski definition) is 3. The summed E-state index contributed by atoms with van der Waals surface area (Å²) in [5.74, 6) is -0.407. The highest BCUT2D eigenvalue weighted by Gasteiger charge is 2.24. The Morgan fingerprint density at radius 2 is 1.87 bits per heavy atom. The van der Waals surface area contributed by atoms with Crippen molar-refractivity contribution in [3.05, 3.63) is 65.5 Å². The molecule has 2 aromatic carbocycles. The summed E-state index contributed by atoms with van der Waals surface area (Å²) in [6.07, 6.45) is 1.78. The molecule has 1 aliphatic heterocycles. The van der Waals surface area contributed by atoms with Gasteiger partial charge in [0.05, 0.1) is 0 Å². The largest absolute Gasteiger partial charge is 0.352 e. The third-order valence-electron chi connectivity index (χ3n) is 5.18. The van der Waals surface area contributed by atoms with Crippen LogP contribution in [0.2, 0.25) is 0 Å². The number of urea groups is 1. The van der Waals surface area contributed by atoms with Crippen molar-refractivity contribution in [3.63, 3.8) is 0 Å². The summed E-state index contributed by atoms with van der Waals surface area (Å²) in [4.78, 5) is 37.8. The van der Waals surface area contributed by atoms with Crippen molar-refractivity contribution < 1.29 is 18.8 Å². The van der Waals surface area contributed by atoms with Crippen LogP contribution in [0.15, 0.2) is 48.5 Å². The van der Waals surface area contributed by atoms with Crippen molar-refractivity contribution in [1.82, 2.24) is 15.5 Å². The van der Waals surface area contributed by atoms with E-state index in [1.165, 1.54) is 25.1 Å². The van der Waals surface area contributed by atoms with Crippen LogP contribution in [-0.4, -0.2) is 42.4 Å². The summed E-state index contributed by atoms with van der Waals surface area (Å²) in [6.45, 7) is 3.56. The fourth-order valence-corrected chi connectivity index (χ4v) is 3.57. The van der Waals surface area contributed by atoms with Gasteiger partial charge in [0.2, 0.25) is 5.91 Å². The molecule has 3 N–H and O–H groups in total. The van der Waals surface area contributed by atoms with Gasteiger partial charge in [0.1, 0.15) is 5.82 Å². The van der Waals surface area contributed by atoms with Crippen LogP contribution in [0.3, 0.4) is 0 Å². The minimum absolute atomic E-state index is 0.0417. The number of nitrogens with zero attached hydrogens (tertiary/aromatic N) is 1. The van der Waals surface area contributed by atoms with Gasteiger partial charge in [0.15, 0.2) is 0 Å². The van der Waals surface area contributed by atoms with E-state index in [0.29, 0.717) is 37.4 Å². The first kappa shape index (κ1) is 22.3. The first-order valence-electron chi connectivity index (χ1n) is 10.3. The molecular weight excluding hydrogens is 399 g/mol. The van der Waals surface area contributed by atoms with Crippen LogP contribution in [0.5, 0.6) is 0 Å². The summed E-state index contributed by atoms with van der Waals surface area (Å²) in [6, 6.07) is 12.5. The second-order valence-electron chi connectivity index (χ2n) is 7.71. The van der Waals surface area contributed by atoms with Crippen molar-refractivity contribution in [2.24, 2.45) is 5.92 Å². The standard InChI is InChI=1S/C23H27FN4O3/c1-16(29)25-13-17-7-9-19(10-8-17)22(30)28-11-3-4-18(15-28)14-26-23(31)27-21-6-2-5-20(24)12-21/h2,5-10,12,18H,3-4,11,13-15H2,1H3,(H,25,29)(H2,26,27,31). The van der Waals surface area contributed by atoms with Gasteiger partial charge in [-0.1, -0.05) is 18.2 Å². The third kappa shape index (κ3) is 6.80. The van der Waals surface area contributed by atoms with Crippen LogP contribution in [0.1, 0.15) is 35.7 Å². The Bertz CT molecular complexity index is 933. The average Bonchev–Trinajstić information content (AvgIpc) is 2.76. The minimum atomic E-state index is -0.414. The highest BCUT2D eigenvalue weighted by molar-refractivity contribution is 5.94. The highest BCUT2D eigenvalue weighted by Crippen LogP contribution is 2.19. The lowest BCUT2D eigenvalue weighted by Crippen LogP contribution is -2.44. The predicted octanol–water partition coefficient (Wildman–Crippen LogP) is 3.14. The van der Waals surface area contributed by atoms with Gasteiger partial charge in [0, 0.05) is 44.4 Å². The van der Waals surface area contributed by atoms with Gasteiger partial charge in [-0.3, -0.25) is 9.59 Å². The monoisotopic (exact) mass is 426 g/mol. The number of likely N-dealkylation sites (tertiary alicyclic amines) is 1.